The molecule has 8 rings (SSSR count). The first kappa shape index (κ1) is 26.1. The van der Waals surface area contributed by atoms with Gasteiger partial charge in [-0.25, -0.2) is 15.0 Å². The van der Waals surface area contributed by atoms with Crippen LogP contribution in [-0.2, 0) is 6.42 Å². The van der Waals surface area contributed by atoms with Gasteiger partial charge in [-0.3, -0.25) is 4.90 Å². The van der Waals surface area contributed by atoms with Gasteiger partial charge in [0.1, 0.15) is 12.1 Å². The zero-order chi connectivity index (χ0) is 29.5. The minimum atomic E-state index is 0.891. The Bertz CT molecular complexity index is 2080. The zero-order valence-electron chi connectivity index (χ0n) is 24.5. The predicted molar refractivity (Wildman–Crippen MR) is 181 cm³/mol. The Balaban J connectivity index is 1.31. The fourth-order valence-corrected chi connectivity index (χ4v) is 6.41. The van der Waals surface area contributed by atoms with Crippen molar-refractivity contribution in [2.75, 3.05) is 4.90 Å². The number of pyridine rings is 1. The average Bonchev–Trinajstić information content (AvgIpc) is 3.09. The van der Waals surface area contributed by atoms with E-state index in [2.05, 4.69) is 138 Å². The molecule has 3 heterocycles. The van der Waals surface area contributed by atoms with Crippen LogP contribution >= 0.6 is 0 Å². The van der Waals surface area contributed by atoms with Gasteiger partial charge >= 0.3 is 0 Å². The largest absolute Gasteiger partial charge is 0.294 e. The summed E-state index contributed by atoms with van der Waals surface area (Å²) in [7, 11) is 0. The summed E-state index contributed by atoms with van der Waals surface area (Å²) < 4.78 is 0. The SMILES string of the molecule is CCCc1cc2c3c(cccc3c1)N(c1cccc(-c3cc(-c4ccccc4)cc(-c4ccccc4)n3)c1)c1ncncc1-2. The number of aryl methyl sites for hydroxylation is 1. The second-order valence-electron chi connectivity index (χ2n) is 11.3. The van der Waals surface area contributed by atoms with Crippen LogP contribution in [0.25, 0.3) is 55.5 Å². The number of aromatic nitrogens is 3. The number of benzene rings is 5. The molecule has 7 aromatic rings. The Morgan fingerprint density at radius 3 is 2.14 bits per heavy atom. The summed E-state index contributed by atoms with van der Waals surface area (Å²) in [4.78, 5) is 16.8. The van der Waals surface area contributed by atoms with Crippen molar-refractivity contribution in [3.8, 4) is 44.8 Å². The van der Waals surface area contributed by atoms with E-state index in [4.69, 9.17) is 9.97 Å². The highest BCUT2D eigenvalue weighted by Crippen LogP contribution is 2.50. The Morgan fingerprint density at radius 2 is 1.34 bits per heavy atom. The molecule has 0 bridgehead atoms. The molecule has 0 saturated carbocycles. The van der Waals surface area contributed by atoms with E-state index in [1.54, 1.807) is 6.33 Å². The maximum Gasteiger partial charge on any atom is 0.148 e. The van der Waals surface area contributed by atoms with Gasteiger partial charge in [0.05, 0.1) is 17.1 Å². The lowest BCUT2D eigenvalue weighted by Crippen LogP contribution is -2.17. The molecule has 1 aliphatic rings. The van der Waals surface area contributed by atoms with Crippen molar-refractivity contribution in [3.63, 3.8) is 0 Å². The quantitative estimate of drug-likeness (QED) is 0.201. The minimum absolute atomic E-state index is 0.891. The Morgan fingerprint density at radius 1 is 0.614 bits per heavy atom. The Kier molecular flexibility index (Phi) is 6.45. The first-order valence-corrected chi connectivity index (χ1v) is 15.2. The molecule has 0 fully saturated rings. The van der Waals surface area contributed by atoms with Crippen molar-refractivity contribution in [2.24, 2.45) is 0 Å². The molecule has 2 aromatic heterocycles. The van der Waals surface area contributed by atoms with E-state index in [1.165, 1.54) is 21.9 Å². The highest BCUT2D eigenvalue weighted by atomic mass is 15.2. The molecule has 210 valence electrons. The zero-order valence-corrected chi connectivity index (χ0v) is 24.5. The van der Waals surface area contributed by atoms with Crippen molar-refractivity contribution in [1.29, 1.82) is 0 Å². The van der Waals surface area contributed by atoms with Crippen molar-refractivity contribution < 1.29 is 0 Å². The fraction of sp³-hybridized carbons (Fsp3) is 0.0750. The molecule has 4 nitrogen and oxygen atoms in total. The summed E-state index contributed by atoms with van der Waals surface area (Å²) in [5.41, 5.74) is 12.1. The third-order valence-corrected chi connectivity index (χ3v) is 8.39. The monoisotopic (exact) mass is 566 g/mol. The molecule has 0 radical (unpaired) electrons. The molecule has 4 heteroatoms. The summed E-state index contributed by atoms with van der Waals surface area (Å²) in [6.07, 6.45) is 5.75. The number of nitrogens with zero attached hydrogens (tertiary/aromatic N) is 4. The van der Waals surface area contributed by atoms with E-state index in [0.717, 1.165) is 69.2 Å². The van der Waals surface area contributed by atoms with Crippen molar-refractivity contribution in [2.45, 2.75) is 19.8 Å². The van der Waals surface area contributed by atoms with Gasteiger partial charge < -0.3 is 0 Å². The molecule has 5 aromatic carbocycles. The number of hydrogen-bond donors (Lipinski definition) is 0. The molecule has 44 heavy (non-hydrogen) atoms. The van der Waals surface area contributed by atoms with E-state index < -0.39 is 0 Å². The number of fused-ring (bicyclic) bond motifs is 2. The standard InChI is InChI=1S/C40H30N4/c1-2-11-27-20-31-17-10-19-38-39(31)34(21-27)35-25-41-26-42-40(35)44(38)33-18-9-16-30(22-33)37-24-32(28-12-5-3-6-13-28)23-36(43-37)29-14-7-4-8-15-29/h3-10,12-26H,2,11H2,1H3. The molecule has 0 unspecified atom stereocenters. The molecular formula is C40H30N4. The van der Waals surface area contributed by atoms with Crippen molar-refractivity contribution >= 4 is 28.0 Å². The molecule has 0 amide bonds. The number of anilines is 3. The summed E-state index contributed by atoms with van der Waals surface area (Å²) in [6, 6.07) is 45.2. The lowest BCUT2D eigenvalue weighted by Gasteiger charge is -2.32. The Hall–Kier alpha value is -5.61. The maximum atomic E-state index is 5.19. The number of hydrogen-bond acceptors (Lipinski definition) is 4. The molecule has 0 atom stereocenters. The van der Waals surface area contributed by atoms with E-state index in [1.807, 2.05) is 12.3 Å². The van der Waals surface area contributed by atoms with E-state index >= 15 is 0 Å². The average molecular weight is 567 g/mol. The van der Waals surface area contributed by atoms with Crippen molar-refractivity contribution in [1.82, 2.24) is 15.0 Å². The van der Waals surface area contributed by atoms with Crippen LogP contribution in [0.1, 0.15) is 18.9 Å². The van der Waals surface area contributed by atoms with Gasteiger partial charge in [0, 0.05) is 34.0 Å². The normalized spacial score (nSPS) is 11.9. The summed E-state index contributed by atoms with van der Waals surface area (Å²) in [5, 5.41) is 2.47. The lowest BCUT2D eigenvalue weighted by atomic mass is 9.90. The van der Waals surface area contributed by atoms with E-state index in [-0.39, 0.29) is 0 Å². The van der Waals surface area contributed by atoms with Gasteiger partial charge in [0.2, 0.25) is 0 Å². The topological polar surface area (TPSA) is 41.9 Å². The summed E-state index contributed by atoms with van der Waals surface area (Å²) >= 11 is 0. The van der Waals surface area contributed by atoms with E-state index in [0.29, 0.717) is 0 Å². The first-order valence-electron chi connectivity index (χ1n) is 15.2. The van der Waals surface area contributed by atoms with Gasteiger partial charge in [-0.2, -0.15) is 0 Å². The highest BCUT2D eigenvalue weighted by Gasteiger charge is 2.28. The van der Waals surface area contributed by atoms with Crippen LogP contribution in [0.4, 0.5) is 17.2 Å². The second kappa shape index (κ2) is 10.9. The van der Waals surface area contributed by atoms with Crippen LogP contribution in [0, 0.1) is 0 Å². The molecule has 0 N–H and O–H groups in total. The third-order valence-electron chi connectivity index (χ3n) is 8.39. The fourth-order valence-electron chi connectivity index (χ4n) is 6.41. The lowest BCUT2D eigenvalue weighted by molar-refractivity contribution is 0.924. The Labute approximate surface area is 257 Å². The van der Waals surface area contributed by atoms with Gasteiger partial charge in [0.25, 0.3) is 0 Å². The van der Waals surface area contributed by atoms with Gasteiger partial charge in [-0.15, -0.1) is 0 Å². The van der Waals surface area contributed by atoms with Crippen molar-refractivity contribution in [3.05, 3.63) is 145 Å². The highest BCUT2D eigenvalue weighted by molar-refractivity contribution is 6.13. The predicted octanol–water partition coefficient (Wildman–Crippen LogP) is 10.4. The molecule has 0 spiro atoms. The van der Waals surface area contributed by atoms with Gasteiger partial charge in [-0.1, -0.05) is 110 Å². The molecular weight excluding hydrogens is 536 g/mol. The smallest absolute Gasteiger partial charge is 0.148 e. The van der Waals surface area contributed by atoms with Gasteiger partial charge in [-0.05, 0) is 64.4 Å². The van der Waals surface area contributed by atoms with E-state index in [9.17, 15) is 0 Å². The second-order valence-corrected chi connectivity index (χ2v) is 11.3. The number of rotatable bonds is 6. The van der Waals surface area contributed by atoms with Crippen LogP contribution in [0.5, 0.6) is 0 Å². The van der Waals surface area contributed by atoms with Crippen LogP contribution < -0.4 is 4.90 Å². The third kappa shape index (κ3) is 4.52. The molecule has 0 aliphatic carbocycles. The van der Waals surface area contributed by atoms with Crippen LogP contribution in [0.15, 0.2) is 140 Å². The minimum Gasteiger partial charge on any atom is -0.294 e. The first-order chi connectivity index (χ1) is 21.8. The van der Waals surface area contributed by atoms with Gasteiger partial charge in [0.15, 0.2) is 0 Å². The maximum absolute atomic E-state index is 5.19. The molecule has 1 aliphatic heterocycles. The summed E-state index contributed by atoms with van der Waals surface area (Å²) in [5.74, 6) is 0.891. The van der Waals surface area contributed by atoms with Crippen LogP contribution in [0.3, 0.4) is 0 Å². The molecule has 0 saturated heterocycles. The van der Waals surface area contributed by atoms with Crippen LogP contribution in [-0.4, -0.2) is 15.0 Å². The van der Waals surface area contributed by atoms with Crippen LogP contribution in [0.2, 0.25) is 0 Å². The summed E-state index contributed by atoms with van der Waals surface area (Å²) in [6.45, 7) is 2.23.